The Bertz CT molecular complexity index is 668. The summed E-state index contributed by atoms with van der Waals surface area (Å²) in [5, 5.41) is 53.1. The average molecular weight is 425 g/mol. The smallest absolute Gasteiger partial charge is 0.303 e. The molecule has 0 heterocycles. The SMILES string of the molecule is C[C@H](CCC(=O)O)[C@H]1CC[C@H]2[C@@H]3[C@@H](O)[C@@H](O)[C@@H]4C[C@@H](O)CC[C@]4(C)[C@H]3C[C@@H](O)[C@]12C. The average Bonchev–Trinajstić information content (AvgIpc) is 3.05. The molecular formula is C24H40O6. The van der Waals surface area contributed by atoms with Gasteiger partial charge in [0, 0.05) is 6.42 Å². The largest absolute Gasteiger partial charge is 0.481 e. The zero-order valence-corrected chi connectivity index (χ0v) is 18.6. The van der Waals surface area contributed by atoms with Crippen molar-refractivity contribution >= 4 is 5.97 Å². The zero-order chi connectivity index (χ0) is 22.0. The Labute approximate surface area is 179 Å². The molecule has 0 bridgehead atoms. The number of hydrogen-bond acceptors (Lipinski definition) is 5. The summed E-state index contributed by atoms with van der Waals surface area (Å²) < 4.78 is 0. The van der Waals surface area contributed by atoms with Crippen LogP contribution in [0.3, 0.4) is 0 Å². The monoisotopic (exact) mass is 424 g/mol. The lowest BCUT2D eigenvalue weighted by Crippen LogP contribution is -2.66. The van der Waals surface area contributed by atoms with Gasteiger partial charge in [0.05, 0.1) is 24.4 Å². The van der Waals surface area contributed by atoms with Gasteiger partial charge >= 0.3 is 5.97 Å². The maximum Gasteiger partial charge on any atom is 0.303 e. The van der Waals surface area contributed by atoms with E-state index < -0.39 is 30.4 Å². The van der Waals surface area contributed by atoms with Crippen molar-refractivity contribution in [3.05, 3.63) is 0 Å². The molecule has 4 saturated carbocycles. The summed E-state index contributed by atoms with van der Waals surface area (Å²) in [5.41, 5.74) is -0.547. The molecule has 12 atom stereocenters. The lowest BCUT2D eigenvalue weighted by atomic mass is 9.42. The maximum absolute atomic E-state index is 11.5. The van der Waals surface area contributed by atoms with Gasteiger partial charge in [0.25, 0.3) is 0 Å². The number of fused-ring (bicyclic) bond motifs is 5. The van der Waals surface area contributed by atoms with Gasteiger partial charge in [-0.1, -0.05) is 20.8 Å². The van der Waals surface area contributed by atoms with Crippen LogP contribution in [0.25, 0.3) is 0 Å². The molecule has 4 fully saturated rings. The number of carboxylic acid groups (broad SMARTS) is 1. The van der Waals surface area contributed by atoms with Crippen molar-refractivity contribution < 1.29 is 30.3 Å². The van der Waals surface area contributed by atoms with E-state index in [2.05, 4.69) is 20.8 Å². The molecule has 4 aliphatic carbocycles. The highest BCUT2D eigenvalue weighted by Gasteiger charge is 2.67. The van der Waals surface area contributed by atoms with Crippen molar-refractivity contribution in [2.24, 2.45) is 46.3 Å². The Morgan fingerprint density at radius 2 is 1.67 bits per heavy atom. The van der Waals surface area contributed by atoms with Crippen LogP contribution in [0.2, 0.25) is 0 Å². The van der Waals surface area contributed by atoms with Gasteiger partial charge in [-0.2, -0.15) is 0 Å². The van der Waals surface area contributed by atoms with Gasteiger partial charge in [-0.3, -0.25) is 4.79 Å². The van der Waals surface area contributed by atoms with Crippen LogP contribution in [0.1, 0.15) is 72.1 Å². The van der Waals surface area contributed by atoms with Crippen LogP contribution >= 0.6 is 0 Å². The first kappa shape index (κ1) is 22.5. The molecule has 5 N–H and O–H groups in total. The number of aliphatic hydroxyl groups is 4. The summed E-state index contributed by atoms with van der Waals surface area (Å²) >= 11 is 0. The van der Waals surface area contributed by atoms with E-state index in [0.717, 1.165) is 19.3 Å². The molecule has 0 aromatic rings. The van der Waals surface area contributed by atoms with Crippen molar-refractivity contribution in [2.45, 2.75) is 96.6 Å². The minimum absolute atomic E-state index is 0.0541. The Morgan fingerprint density at radius 1 is 0.967 bits per heavy atom. The molecule has 0 aromatic heterocycles. The Kier molecular flexibility index (Phi) is 5.79. The predicted molar refractivity (Wildman–Crippen MR) is 111 cm³/mol. The van der Waals surface area contributed by atoms with Crippen LogP contribution in [0.5, 0.6) is 0 Å². The molecule has 0 aliphatic heterocycles. The molecule has 172 valence electrons. The molecule has 0 spiro atoms. The van der Waals surface area contributed by atoms with Crippen molar-refractivity contribution in [1.82, 2.24) is 0 Å². The molecule has 4 rings (SSSR count). The first-order valence-electron chi connectivity index (χ1n) is 12.0. The van der Waals surface area contributed by atoms with E-state index in [4.69, 9.17) is 5.11 Å². The van der Waals surface area contributed by atoms with Crippen molar-refractivity contribution in [1.29, 1.82) is 0 Å². The highest BCUT2D eigenvalue weighted by Crippen LogP contribution is 2.68. The summed E-state index contributed by atoms with van der Waals surface area (Å²) in [5.74, 6) is -0.299. The molecule has 0 saturated heterocycles. The van der Waals surface area contributed by atoms with E-state index in [1.54, 1.807) is 0 Å². The summed E-state index contributed by atoms with van der Waals surface area (Å²) in [4.78, 5) is 11.1. The Hall–Kier alpha value is -0.690. The molecule has 6 heteroatoms. The van der Waals surface area contributed by atoms with Gasteiger partial charge in [0.15, 0.2) is 0 Å². The van der Waals surface area contributed by atoms with Crippen molar-refractivity contribution in [3.8, 4) is 0 Å². The standard InChI is InChI=1S/C24H40O6/c1-12(4-7-19(27)28)14-5-6-15-20-16(11-18(26)24(14,15)3)23(2)9-8-13(25)10-17(23)21(29)22(20)30/h12-18,20-22,25-26,29-30H,4-11H2,1-3H3,(H,27,28)/t12-,13+,14-,15+,16+,17+,18-,20+,21+,22-,23-,24-/m1/s1. The maximum atomic E-state index is 11.5. The molecule has 0 radical (unpaired) electrons. The number of hydrogen-bond donors (Lipinski definition) is 5. The van der Waals surface area contributed by atoms with Crippen LogP contribution in [0.4, 0.5) is 0 Å². The fraction of sp³-hybridized carbons (Fsp3) is 0.958. The minimum Gasteiger partial charge on any atom is -0.481 e. The zero-order valence-electron chi connectivity index (χ0n) is 18.6. The quantitative estimate of drug-likeness (QED) is 0.473. The van der Waals surface area contributed by atoms with E-state index >= 15 is 0 Å². The number of carboxylic acids is 1. The van der Waals surface area contributed by atoms with E-state index in [1.807, 2.05) is 0 Å². The van der Waals surface area contributed by atoms with Gasteiger partial charge in [-0.25, -0.2) is 0 Å². The fourth-order valence-electron chi connectivity index (χ4n) is 8.72. The Morgan fingerprint density at radius 3 is 2.33 bits per heavy atom. The molecular weight excluding hydrogens is 384 g/mol. The predicted octanol–water partition coefficient (Wildman–Crippen LogP) is 2.42. The minimum atomic E-state index is -0.839. The van der Waals surface area contributed by atoms with E-state index in [9.17, 15) is 25.2 Å². The van der Waals surface area contributed by atoms with Gasteiger partial charge in [-0.05, 0) is 91.3 Å². The third-order valence-electron chi connectivity index (χ3n) is 10.4. The van der Waals surface area contributed by atoms with E-state index in [-0.39, 0.29) is 52.8 Å². The summed E-state index contributed by atoms with van der Waals surface area (Å²) in [6.07, 6.45) is 2.67. The number of aliphatic carboxylic acids is 1. The third-order valence-corrected chi connectivity index (χ3v) is 10.4. The second-order valence-electron chi connectivity index (χ2n) is 11.5. The van der Waals surface area contributed by atoms with Crippen LogP contribution in [0, 0.1) is 46.3 Å². The summed E-state index contributed by atoms with van der Waals surface area (Å²) in [7, 11) is 0. The second kappa shape index (κ2) is 7.72. The van der Waals surface area contributed by atoms with Crippen molar-refractivity contribution in [3.63, 3.8) is 0 Å². The van der Waals surface area contributed by atoms with Crippen LogP contribution < -0.4 is 0 Å². The van der Waals surface area contributed by atoms with Gasteiger partial charge in [0.1, 0.15) is 0 Å². The molecule has 30 heavy (non-hydrogen) atoms. The lowest BCUT2D eigenvalue weighted by molar-refractivity contribution is -0.243. The van der Waals surface area contributed by atoms with E-state index in [0.29, 0.717) is 25.7 Å². The highest BCUT2D eigenvalue weighted by molar-refractivity contribution is 5.66. The molecule has 0 amide bonds. The molecule has 0 unspecified atom stereocenters. The van der Waals surface area contributed by atoms with Gasteiger partial charge in [0.2, 0.25) is 0 Å². The first-order valence-corrected chi connectivity index (χ1v) is 12.0. The normalized spacial score (nSPS) is 54.0. The molecule has 0 aromatic carbocycles. The number of carbonyl (C=O) groups is 1. The Balaban J connectivity index is 1.64. The topological polar surface area (TPSA) is 118 Å². The van der Waals surface area contributed by atoms with Gasteiger partial charge in [-0.15, -0.1) is 0 Å². The third kappa shape index (κ3) is 3.16. The first-order chi connectivity index (χ1) is 14.0. The number of rotatable bonds is 4. The fourth-order valence-corrected chi connectivity index (χ4v) is 8.72. The lowest BCUT2D eigenvalue weighted by Gasteiger charge is -2.64. The second-order valence-corrected chi connectivity index (χ2v) is 11.5. The number of aliphatic hydroxyl groups excluding tert-OH is 4. The summed E-state index contributed by atoms with van der Waals surface area (Å²) in [6, 6.07) is 0. The van der Waals surface area contributed by atoms with Crippen molar-refractivity contribution in [2.75, 3.05) is 0 Å². The van der Waals surface area contributed by atoms with Crippen LogP contribution in [-0.4, -0.2) is 55.9 Å². The summed E-state index contributed by atoms with van der Waals surface area (Å²) in [6.45, 7) is 6.45. The highest BCUT2D eigenvalue weighted by atomic mass is 16.4. The van der Waals surface area contributed by atoms with Gasteiger partial charge < -0.3 is 25.5 Å². The van der Waals surface area contributed by atoms with Crippen LogP contribution in [-0.2, 0) is 4.79 Å². The molecule has 4 aliphatic rings. The van der Waals surface area contributed by atoms with Crippen LogP contribution in [0.15, 0.2) is 0 Å². The van der Waals surface area contributed by atoms with E-state index in [1.165, 1.54) is 0 Å². The molecule has 6 nitrogen and oxygen atoms in total.